The first kappa shape index (κ1) is 13.7. The number of aliphatic hydroxyl groups excluding tert-OH is 2. The topological polar surface area (TPSA) is 86.8 Å². The van der Waals surface area contributed by atoms with E-state index in [-0.39, 0.29) is 13.0 Å². The minimum atomic E-state index is -0.871. The maximum Gasteiger partial charge on any atom is 0.220 e. The number of carbonyl (C=O) groups is 1. The van der Waals surface area contributed by atoms with Crippen LogP contribution in [0.25, 0.3) is 0 Å². The summed E-state index contributed by atoms with van der Waals surface area (Å²) in [4.78, 5) is 13.3. The predicted molar refractivity (Wildman–Crippen MR) is 64.9 cm³/mol. The Hall–Kier alpha value is -1.33. The summed E-state index contributed by atoms with van der Waals surface area (Å²) in [5.74, 6) is -0.814. The molecule has 4 N–H and O–H groups in total. The molecular formula is C12H20N2O3. The van der Waals surface area contributed by atoms with Crippen LogP contribution in [0.2, 0.25) is 0 Å². The lowest BCUT2D eigenvalue weighted by Gasteiger charge is -2.23. The van der Waals surface area contributed by atoms with Crippen LogP contribution in [0.15, 0.2) is 24.4 Å². The molecule has 0 aliphatic carbocycles. The monoisotopic (exact) mass is 240 g/mol. The summed E-state index contributed by atoms with van der Waals surface area (Å²) in [6.45, 7) is 1.20. The first-order valence-electron chi connectivity index (χ1n) is 5.79. The largest absolute Gasteiger partial charge is 0.394 e. The van der Waals surface area contributed by atoms with Gasteiger partial charge in [0.1, 0.15) is 0 Å². The van der Waals surface area contributed by atoms with Gasteiger partial charge in [-0.1, -0.05) is 12.2 Å². The average Bonchev–Trinajstić information content (AvgIpc) is 2.35. The van der Waals surface area contributed by atoms with Crippen molar-refractivity contribution in [3.63, 3.8) is 0 Å². The summed E-state index contributed by atoms with van der Waals surface area (Å²) in [5.41, 5.74) is 5.27. The van der Waals surface area contributed by atoms with E-state index in [1.54, 1.807) is 0 Å². The lowest BCUT2D eigenvalue weighted by molar-refractivity contribution is -0.123. The number of allylic oxidation sites excluding steroid dienone is 2. The van der Waals surface area contributed by atoms with Gasteiger partial charge in [0.25, 0.3) is 0 Å². The second kappa shape index (κ2) is 7.09. The molecule has 1 heterocycles. The summed E-state index contributed by atoms with van der Waals surface area (Å²) in [5, 5.41) is 18.1. The molecule has 1 amide bonds. The molecule has 0 aromatic carbocycles. The highest BCUT2D eigenvalue weighted by atomic mass is 16.3. The van der Waals surface area contributed by atoms with Gasteiger partial charge in [-0.05, 0) is 25.1 Å². The Bertz CT molecular complexity index is 302. The number of amides is 1. The van der Waals surface area contributed by atoms with Crippen LogP contribution in [0, 0.1) is 5.92 Å². The van der Waals surface area contributed by atoms with E-state index in [4.69, 9.17) is 10.8 Å². The molecule has 1 aliphatic heterocycles. The first-order valence-corrected chi connectivity index (χ1v) is 5.79. The molecule has 96 valence electrons. The summed E-state index contributed by atoms with van der Waals surface area (Å²) in [7, 11) is 0. The van der Waals surface area contributed by atoms with Crippen LogP contribution in [-0.2, 0) is 4.79 Å². The first-order chi connectivity index (χ1) is 8.13. The molecule has 17 heavy (non-hydrogen) atoms. The minimum Gasteiger partial charge on any atom is -0.394 e. The molecule has 0 aromatic rings. The number of rotatable bonds is 7. The maximum absolute atomic E-state index is 11.2. The molecule has 1 rings (SSSR count). The third-order valence-electron chi connectivity index (χ3n) is 2.82. The van der Waals surface area contributed by atoms with Crippen molar-refractivity contribution in [2.45, 2.75) is 18.9 Å². The van der Waals surface area contributed by atoms with Gasteiger partial charge in [-0.15, -0.1) is 0 Å². The van der Waals surface area contributed by atoms with E-state index in [9.17, 15) is 9.90 Å². The van der Waals surface area contributed by atoms with Crippen molar-refractivity contribution in [3.8, 4) is 0 Å². The van der Waals surface area contributed by atoms with Gasteiger partial charge in [0.15, 0.2) is 0 Å². The van der Waals surface area contributed by atoms with Gasteiger partial charge >= 0.3 is 0 Å². The Morgan fingerprint density at radius 2 is 2.24 bits per heavy atom. The second-order valence-corrected chi connectivity index (χ2v) is 4.22. The standard InChI is InChI=1S/C12H20N2O3/c13-12(17)10(8-11(16)9-15)4-7-14-5-2-1-3-6-14/h1-3,5,10-11,15-16H,4,6-9H2,(H2,13,17)/t10?,11-/m1/s1. The van der Waals surface area contributed by atoms with E-state index in [2.05, 4.69) is 4.90 Å². The molecule has 0 saturated heterocycles. The fourth-order valence-corrected chi connectivity index (χ4v) is 1.77. The van der Waals surface area contributed by atoms with Crippen molar-refractivity contribution in [1.82, 2.24) is 4.90 Å². The zero-order chi connectivity index (χ0) is 12.7. The van der Waals surface area contributed by atoms with Gasteiger partial charge in [-0.2, -0.15) is 0 Å². The summed E-state index contributed by atoms with van der Waals surface area (Å²) >= 11 is 0. The van der Waals surface area contributed by atoms with E-state index in [1.165, 1.54) is 0 Å². The molecule has 1 aliphatic rings. The van der Waals surface area contributed by atoms with Crippen LogP contribution < -0.4 is 5.73 Å². The highest BCUT2D eigenvalue weighted by Crippen LogP contribution is 2.13. The molecule has 0 spiro atoms. The number of primary amides is 1. The van der Waals surface area contributed by atoms with Gasteiger partial charge < -0.3 is 20.8 Å². The summed E-state index contributed by atoms with van der Waals surface area (Å²) in [6, 6.07) is 0. The van der Waals surface area contributed by atoms with Crippen LogP contribution in [-0.4, -0.2) is 46.8 Å². The Morgan fingerprint density at radius 3 is 2.76 bits per heavy atom. The lowest BCUT2D eigenvalue weighted by atomic mass is 9.97. The van der Waals surface area contributed by atoms with Crippen molar-refractivity contribution in [2.24, 2.45) is 11.7 Å². The summed E-state index contributed by atoms with van der Waals surface area (Å²) < 4.78 is 0. The average molecular weight is 240 g/mol. The minimum absolute atomic E-state index is 0.221. The van der Waals surface area contributed by atoms with Crippen molar-refractivity contribution in [1.29, 1.82) is 0 Å². The van der Waals surface area contributed by atoms with Crippen LogP contribution in [0.1, 0.15) is 12.8 Å². The van der Waals surface area contributed by atoms with Crippen LogP contribution in [0.3, 0.4) is 0 Å². The van der Waals surface area contributed by atoms with Gasteiger partial charge in [0.05, 0.1) is 12.7 Å². The van der Waals surface area contributed by atoms with E-state index in [0.717, 1.165) is 6.54 Å². The van der Waals surface area contributed by atoms with E-state index in [1.807, 2.05) is 24.4 Å². The third-order valence-corrected chi connectivity index (χ3v) is 2.82. The zero-order valence-electron chi connectivity index (χ0n) is 9.83. The number of carbonyl (C=O) groups excluding carboxylic acids is 1. The number of aliphatic hydroxyl groups is 2. The summed E-state index contributed by atoms with van der Waals surface area (Å²) in [6.07, 6.45) is 7.83. The fourth-order valence-electron chi connectivity index (χ4n) is 1.77. The Kier molecular flexibility index (Phi) is 5.72. The molecule has 0 radical (unpaired) electrons. The van der Waals surface area contributed by atoms with Crippen molar-refractivity contribution >= 4 is 5.91 Å². The molecule has 0 bridgehead atoms. The molecule has 1 unspecified atom stereocenters. The van der Waals surface area contributed by atoms with Crippen LogP contribution >= 0.6 is 0 Å². The molecule has 5 nitrogen and oxygen atoms in total. The lowest BCUT2D eigenvalue weighted by Crippen LogP contribution is -2.32. The van der Waals surface area contributed by atoms with Crippen LogP contribution in [0.4, 0.5) is 0 Å². The molecule has 0 aromatic heterocycles. The predicted octanol–water partition coefficient (Wildman–Crippen LogP) is -0.393. The number of nitrogens with two attached hydrogens (primary N) is 1. The van der Waals surface area contributed by atoms with Gasteiger partial charge in [-0.3, -0.25) is 4.79 Å². The van der Waals surface area contributed by atoms with E-state index < -0.39 is 17.9 Å². The molecular weight excluding hydrogens is 220 g/mol. The Balaban J connectivity index is 2.36. The normalized spacial score (nSPS) is 18.1. The van der Waals surface area contributed by atoms with E-state index in [0.29, 0.717) is 13.0 Å². The van der Waals surface area contributed by atoms with Gasteiger partial charge in [-0.25, -0.2) is 0 Å². The molecule has 0 fully saturated rings. The molecule has 2 atom stereocenters. The molecule has 5 heteroatoms. The number of hydrogen-bond acceptors (Lipinski definition) is 4. The SMILES string of the molecule is NC(=O)C(CCN1C=CC=CC1)C[C@@H](O)CO. The fraction of sp³-hybridized carbons (Fsp3) is 0.583. The third kappa shape index (κ3) is 5.01. The van der Waals surface area contributed by atoms with Crippen molar-refractivity contribution < 1.29 is 15.0 Å². The number of hydrogen-bond donors (Lipinski definition) is 3. The highest BCUT2D eigenvalue weighted by molar-refractivity contribution is 5.76. The second-order valence-electron chi connectivity index (χ2n) is 4.22. The van der Waals surface area contributed by atoms with Crippen molar-refractivity contribution in [2.75, 3.05) is 19.7 Å². The van der Waals surface area contributed by atoms with E-state index >= 15 is 0 Å². The highest BCUT2D eigenvalue weighted by Gasteiger charge is 2.19. The zero-order valence-corrected chi connectivity index (χ0v) is 9.83. The number of nitrogens with zero attached hydrogens (tertiary/aromatic N) is 1. The van der Waals surface area contributed by atoms with Gasteiger partial charge in [0, 0.05) is 19.0 Å². The smallest absolute Gasteiger partial charge is 0.220 e. The van der Waals surface area contributed by atoms with Crippen molar-refractivity contribution in [3.05, 3.63) is 24.4 Å². The maximum atomic E-state index is 11.2. The quantitative estimate of drug-likeness (QED) is 0.565. The van der Waals surface area contributed by atoms with Gasteiger partial charge in [0.2, 0.25) is 5.91 Å². The molecule has 0 saturated carbocycles. The Morgan fingerprint density at radius 1 is 1.47 bits per heavy atom. The van der Waals surface area contributed by atoms with Crippen LogP contribution in [0.5, 0.6) is 0 Å². The Labute approximate surface area is 101 Å².